The van der Waals surface area contributed by atoms with Crippen molar-refractivity contribution in [3.05, 3.63) is 11.8 Å². The highest BCUT2D eigenvalue weighted by atomic mass is 32.2. The topological polar surface area (TPSA) is 63.8 Å². The van der Waals surface area contributed by atoms with Crippen molar-refractivity contribution in [3.8, 4) is 0 Å². The first kappa shape index (κ1) is 12.1. The highest BCUT2D eigenvalue weighted by Gasteiger charge is 2.06. The second-order valence-corrected chi connectivity index (χ2v) is 4.37. The van der Waals surface area contributed by atoms with Crippen molar-refractivity contribution in [1.29, 1.82) is 0 Å². The van der Waals surface area contributed by atoms with Crippen LogP contribution in [0.4, 0.5) is 11.8 Å². The summed E-state index contributed by atoms with van der Waals surface area (Å²) in [6, 6.07) is 2.35. The maximum absolute atomic E-state index is 5.58. The molecule has 1 rings (SSSR count). The lowest BCUT2D eigenvalue weighted by atomic mass is 10.2. The van der Waals surface area contributed by atoms with Gasteiger partial charge in [-0.2, -0.15) is 16.7 Å². The Kier molecular flexibility index (Phi) is 4.68. The minimum absolute atomic E-state index is 0.330. The summed E-state index contributed by atoms with van der Waals surface area (Å²) in [5.41, 5.74) is 6.48. The van der Waals surface area contributed by atoms with Crippen LogP contribution in [0.1, 0.15) is 19.0 Å². The average Bonchev–Trinajstić information content (AvgIpc) is 2.15. The molecule has 0 fully saturated rings. The van der Waals surface area contributed by atoms with E-state index in [9.17, 15) is 0 Å². The van der Waals surface area contributed by atoms with Gasteiger partial charge in [-0.3, -0.25) is 0 Å². The van der Waals surface area contributed by atoms with Gasteiger partial charge in [-0.05, 0) is 19.6 Å². The highest BCUT2D eigenvalue weighted by Crippen LogP contribution is 2.12. The number of aryl methyl sites for hydroxylation is 1. The molecule has 1 atom stereocenters. The molecule has 0 saturated heterocycles. The summed E-state index contributed by atoms with van der Waals surface area (Å²) in [5, 5.41) is 3.36. The molecule has 0 aromatic carbocycles. The van der Waals surface area contributed by atoms with Gasteiger partial charge in [0.2, 0.25) is 5.95 Å². The van der Waals surface area contributed by atoms with Gasteiger partial charge >= 0.3 is 0 Å². The Hall–Kier alpha value is -0.970. The molecule has 0 amide bonds. The summed E-state index contributed by atoms with van der Waals surface area (Å²) < 4.78 is 0. The van der Waals surface area contributed by atoms with Gasteiger partial charge in [0.15, 0.2) is 0 Å². The molecular formula is C10H18N4S. The molecule has 1 unspecified atom stereocenters. The van der Waals surface area contributed by atoms with E-state index in [1.165, 1.54) is 0 Å². The lowest BCUT2D eigenvalue weighted by Crippen LogP contribution is -2.22. The Labute approximate surface area is 95.1 Å². The fraction of sp³-hybridized carbons (Fsp3) is 0.600. The first-order valence-corrected chi connectivity index (χ1v) is 6.41. The monoisotopic (exact) mass is 226 g/mol. The number of hydrogen-bond acceptors (Lipinski definition) is 5. The molecule has 0 saturated carbocycles. The van der Waals surface area contributed by atoms with Crippen molar-refractivity contribution in [2.45, 2.75) is 26.3 Å². The van der Waals surface area contributed by atoms with Gasteiger partial charge < -0.3 is 11.1 Å². The van der Waals surface area contributed by atoms with Gasteiger partial charge in [0.1, 0.15) is 5.82 Å². The Balaban J connectivity index is 2.69. The van der Waals surface area contributed by atoms with Gasteiger partial charge in [0.25, 0.3) is 0 Å². The predicted octanol–water partition coefficient (Wildman–Crippen LogP) is 1.92. The number of nitrogen functional groups attached to an aromatic ring is 1. The van der Waals surface area contributed by atoms with Crippen LogP contribution in [0.15, 0.2) is 6.07 Å². The second kappa shape index (κ2) is 5.80. The summed E-state index contributed by atoms with van der Waals surface area (Å²) in [4.78, 5) is 8.19. The van der Waals surface area contributed by atoms with E-state index >= 15 is 0 Å². The molecule has 0 spiro atoms. The first-order chi connectivity index (χ1) is 7.15. The van der Waals surface area contributed by atoms with Gasteiger partial charge in [-0.25, -0.2) is 4.98 Å². The standard InChI is InChI=1S/C10H18N4S/c1-4-8(6-15-3)13-9-5-7(2)12-10(11)14-9/h5,8H,4,6H2,1-3H3,(H3,11,12,13,14). The normalized spacial score (nSPS) is 12.5. The number of rotatable bonds is 5. The molecular weight excluding hydrogens is 208 g/mol. The Morgan fingerprint density at radius 1 is 1.53 bits per heavy atom. The Bertz CT molecular complexity index is 296. The molecule has 5 heteroatoms. The molecule has 0 bridgehead atoms. The van der Waals surface area contributed by atoms with Crippen molar-refractivity contribution < 1.29 is 0 Å². The lowest BCUT2D eigenvalue weighted by Gasteiger charge is -2.16. The molecule has 0 radical (unpaired) electrons. The number of nitrogens with one attached hydrogen (secondary N) is 1. The number of hydrogen-bond donors (Lipinski definition) is 2. The van der Waals surface area contributed by atoms with E-state index in [0.717, 1.165) is 23.7 Å². The van der Waals surface area contributed by atoms with Crippen LogP contribution in [0, 0.1) is 6.92 Å². The first-order valence-electron chi connectivity index (χ1n) is 5.02. The zero-order chi connectivity index (χ0) is 11.3. The van der Waals surface area contributed by atoms with Crippen LogP contribution >= 0.6 is 11.8 Å². The Morgan fingerprint density at radius 3 is 2.80 bits per heavy atom. The molecule has 3 N–H and O–H groups in total. The highest BCUT2D eigenvalue weighted by molar-refractivity contribution is 7.98. The zero-order valence-electron chi connectivity index (χ0n) is 9.45. The third kappa shape index (κ3) is 3.95. The minimum atomic E-state index is 0.330. The number of aromatic nitrogens is 2. The van der Waals surface area contributed by atoms with E-state index in [4.69, 9.17) is 5.73 Å². The van der Waals surface area contributed by atoms with E-state index in [1.807, 2.05) is 24.8 Å². The third-order valence-corrected chi connectivity index (χ3v) is 2.82. The number of anilines is 2. The molecule has 4 nitrogen and oxygen atoms in total. The molecule has 1 aromatic heterocycles. The summed E-state index contributed by atoms with van der Waals surface area (Å²) in [6.07, 6.45) is 3.17. The van der Waals surface area contributed by atoms with Gasteiger partial charge in [-0.15, -0.1) is 0 Å². The molecule has 84 valence electrons. The molecule has 0 aliphatic rings. The van der Waals surface area contributed by atoms with Crippen molar-refractivity contribution in [2.24, 2.45) is 0 Å². The largest absolute Gasteiger partial charge is 0.368 e. The van der Waals surface area contributed by atoms with Gasteiger partial charge in [0, 0.05) is 23.6 Å². The smallest absolute Gasteiger partial charge is 0.222 e. The summed E-state index contributed by atoms with van der Waals surface area (Å²) in [7, 11) is 0. The fourth-order valence-corrected chi connectivity index (χ4v) is 2.06. The summed E-state index contributed by atoms with van der Waals surface area (Å²) >= 11 is 1.82. The quantitative estimate of drug-likeness (QED) is 0.803. The SMILES string of the molecule is CCC(CSC)Nc1cc(C)nc(N)n1. The van der Waals surface area contributed by atoms with Crippen LogP contribution in [-0.4, -0.2) is 28.0 Å². The van der Waals surface area contributed by atoms with Crippen molar-refractivity contribution in [2.75, 3.05) is 23.1 Å². The van der Waals surface area contributed by atoms with Gasteiger partial charge in [0.05, 0.1) is 0 Å². The van der Waals surface area contributed by atoms with Gasteiger partial charge in [-0.1, -0.05) is 6.92 Å². The van der Waals surface area contributed by atoms with Crippen molar-refractivity contribution >= 4 is 23.5 Å². The van der Waals surface area contributed by atoms with Crippen LogP contribution in [-0.2, 0) is 0 Å². The zero-order valence-corrected chi connectivity index (χ0v) is 10.3. The maximum atomic E-state index is 5.58. The number of nitrogens with zero attached hydrogens (tertiary/aromatic N) is 2. The molecule has 1 aromatic rings. The van der Waals surface area contributed by atoms with Crippen LogP contribution in [0.5, 0.6) is 0 Å². The second-order valence-electron chi connectivity index (χ2n) is 3.46. The van der Waals surface area contributed by atoms with Crippen LogP contribution in [0.3, 0.4) is 0 Å². The molecule has 15 heavy (non-hydrogen) atoms. The third-order valence-electron chi connectivity index (χ3n) is 2.08. The number of nitrogens with two attached hydrogens (primary N) is 1. The molecule has 1 heterocycles. The van der Waals surface area contributed by atoms with E-state index in [0.29, 0.717) is 12.0 Å². The fourth-order valence-electron chi connectivity index (χ4n) is 1.34. The maximum Gasteiger partial charge on any atom is 0.222 e. The minimum Gasteiger partial charge on any atom is -0.368 e. The summed E-state index contributed by atoms with van der Waals surface area (Å²) in [5.74, 6) is 2.22. The van der Waals surface area contributed by atoms with Crippen molar-refractivity contribution in [3.63, 3.8) is 0 Å². The molecule has 0 aliphatic heterocycles. The molecule has 0 aliphatic carbocycles. The predicted molar refractivity (Wildman–Crippen MR) is 67.3 cm³/mol. The van der Waals surface area contributed by atoms with Crippen LogP contribution in [0.2, 0.25) is 0 Å². The average molecular weight is 226 g/mol. The van der Waals surface area contributed by atoms with E-state index < -0.39 is 0 Å². The Morgan fingerprint density at radius 2 is 2.27 bits per heavy atom. The van der Waals surface area contributed by atoms with Crippen LogP contribution < -0.4 is 11.1 Å². The lowest BCUT2D eigenvalue weighted by molar-refractivity contribution is 0.769. The van der Waals surface area contributed by atoms with E-state index in [2.05, 4.69) is 28.5 Å². The van der Waals surface area contributed by atoms with E-state index in [1.54, 1.807) is 0 Å². The van der Waals surface area contributed by atoms with Crippen LogP contribution in [0.25, 0.3) is 0 Å². The van der Waals surface area contributed by atoms with Crippen molar-refractivity contribution in [1.82, 2.24) is 9.97 Å². The summed E-state index contributed by atoms with van der Waals surface area (Å²) in [6.45, 7) is 4.07. The van der Waals surface area contributed by atoms with E-state index in [-0.39, 0.29) is 0 Å². The number of thioether (sulfide) groups is 1.